The molecule has 2 fully saturated rings. The van der Waals surface area contributed by atoms with Gasteiger partial charge in [-0.05, 0) is 43.1 Å². The van der Waals surface area contributed by atoms with Crippen LogP contribution in [0.25, 0.3) is 0 Å². The second-order valence-corrected chi connectivity index (χ2v) is 16.3. The molecular formula is C36H59N5O8S. The van der Waals surface area contributed by atoms with Gasteiger partial charge < -0.3 is 30.3 Å². The van der Waals surface area contributed by atoms with Crippen LogP contribution in [0.3, 0.4) is 0 Å². The van der Waals surface area contributed by atoms with Crippen molar-refractivity contribution in [3.8, 4) is 0 Å². The van der Waals surface area contributed by atoms with Crippen LogP contribution < -0.4 is 15.8 Å². The Kier molecular flexibility index (Phi) is 15.2. The second kappa shape index (κ2) is 18.4. The zero-order chi connectivity index (χ0) is 37.3. The van der Waals surface area contributed by atoms with Crippen molar-refractivity contribution in [1.29, 1.82) is 0 Å². The Hall–Kier alpha value is -3.07. The molecule has 282 valence electrons. The van der Waals surface area contributed by atoms with Gasteiger partial charge in [0.1, 0.15) is 6.04 Å². The van der Waals surface area contributed by atoms with Gasteiger partial charge >= 0.3 is 0 Å². The number of nitrogens with zero attached hydrogens (tertiary/aromatic N) is 2. The highest BCUT2D eigenvalue weighted by molar-refractivity contribution is 7.90. The summed E-state index contributed by atoms with van der Waals surface area (Å²) in [5, 5.41) is 2.18. The maximum atomic E-state index is 14.0. The number of rotatable bonds is 19. The molecule has 13 nitrogen and oxygen atoms in total. The smallest absolute Gasteiger partial charge is 0.256 e. The quantitative estimate of drug-likeness (QED) is 0.193. The van der Waals surface area contributed by atoms with Gasteiger partial charge in [0.2, 0.25) is 27.7 Å². The van der Waals surface area contributed by atoms with Gasteiger partial charge in [0.05, 0.1) is 47.9 Å². The summed E-state index contributed by atoms with van der Waals surface area (Å²) in [6.45, 7) is 9.98. The molecule has 14 heteroatoms. The number of nitrogens with one attached hydrogen (secondary N) is 2. The minimum atomic E-state index is -3.83. The average Bonchev–Trinajstić information content (AvgIpc) is 3.85. The number of nitrogens with two attached hydrogens (primary N) is 1. The standard InChI is InChI=1S/C36H59N5O8S/c1-9-23(4)32(40(6)36(45)31(37)22(2)3)29(48-7)21-30(42)41-19-13-16-28(41)33(49-8)24(5)34(43)38-27(20-25-14-11-10-12-15-25)35(44)39-50(46,47)26-17-18-26/h10-12,14-15,22-24,26-29,31-33H,9,13,16-21,37H2,1-8H3,(H,38,43)(H,39,44)/t23-,24+,27-,28-,29+,31-,32-,33+/m0/s1. The van der Waals surface area contributed by atoms with Gasteiger partial charge in [-0.2, -0.15) is 0 Å². The number of sulfonamides is 1. The van der Waals surface area contributed by atoms with Gasteiger partial charge in [0, 0.05) is 34.2 Å². The molecule has 1 saturated heterocycles. The molecule has 0 radical (unpaired) electrons. The first-order valence-corrected chi connectivity index (χ1v) is 19.4. The van der Waals surface area contributed by atoms with Crippen LogP contribution in [-0.4, -0.2) is 111 Å². The first kappa shape index (κ1) is 41.4. The van der Waals surface area contributed by atoms with Crippen molar-refractivity contribution in [2.24, 2.45) is 23.5 Å². The Morgan fingerprint density at radius 2 is 1.64 bits per heavy atom. The number of hydrogen-bond donors (Lipinski definition) is 3. The Morgan fingerprint density at radius 3 is 2.18 bits per heavy atom. The molecule has 3 rings (SSSR count). The fourth-order valence-corrected chi connectivity index (χ4v) is 8.21. The number of ether oxygens (including phenoxy) is 2. The number of hydrogen-bond acceptors (Lipinski definition) is 9. The van der Waals surface area contributed by atoms with Gasteiger partial charge in [0.15, 0.2) is 0 Å². The minimum Gasteiger partial charge on any atom is -0.379 e. The van der Waals surface area contributed by atoms with Crippen molar-refractivity contribution >= 4 is 33.7 Å². The molecule has 0 bridgehead atoms. The molecule has 2 aliphatic rings. The van der Waals surface area contributed by atoms with E-state index in [-0.39, 0.29) is 36.5 Å². The summed E-state index contributed by atoms with van der Waals surface area (Å²) in [5.41, 5.74) is 6.98. The molecule has 50 heavy (non-hydrogen) atoms. The number of likely N-dealkylation sites (tertiary alicyclic amines) is 1. The molecule has 0 unspecified atom stereocenters. The van der Waals surface area contributed by atoms with Gasteiger partial charge in [-0.25, -0.2) is 8.42 Å². The third-order valence-corrected chi connectivity index (χ3v) is 12.2. The van der Waals surface area contributed by atoms with E-state index < -0.39 is 69.4 Å². The highest BCUT2D eigenvalue weighted by Crippen LogP contribution is 2.30. The van der Waals surface area contributed by atoms with Crippen molar-refractivity contribution in [2.45, 2.75) is 121 Å². The highest BCUT2D eigenvalue weighted by Gasteiger charge is 2.43. The first-order valence-electron chi connectivity index (χ1n) is 17.8. The molecule has 1 aliphatic heterocycles. The van der Waals surface area contributed by atoms with E-state index >= 15 is 0 Å². The number of carbonyl (C=O) groups is 4. The van der Waals surface area contributed by atoms with E-state index in [0.29, 0.717) is 32.2 Å². The lowest BCUT2D eigenvalue weighted by Gasteiger charge is -2.40. The third kappa shape index (κ3) is 10.5. The number of carbonyl (C=O) groups excluding carboxylic acids is 4. The lowest BCUT2D eigenvalue weighted by atomic mass is 9.89. The van der Waals surface area contributed by atoms with Gasteiger partial charge in [-0.15, -0.1) is 0 Å². The SMILES string of the molecule is CC[C@H](C)[C@@H]([C@@H](CC(=O)N1CCC[C@H]1[C@H](OC)[C@@H](C)C(=O)N[C@@H](Cc1ccccc1)C(=O)NS(=O)(=O)C1CC1)OC)N(C)C(=O)[C@@H](N)C(C)C. The van der Waals surface area contributed by atoms with Crippen LogP contribution in [0.15, 0.2) is 30.3 Å². The van der Waals surface area contributed by atoms with Crippen LogP contribution in [0.1, 0.15) is 78.7 Å². The van der Waals surface area contributed by atoms with Crippen LogP contribution >= 0.6 is 0 Å². The van der Waals surface area contributed by atoms with Crippen molar-refractivity contribution in [1.82, 2.24) is 19.8 Å². The fourth-order valence-electron chi connectivity index (χ4n) is 6.86. The summed E-state index contributed by atoms with van der Waals surface area (Å²) < 4.78 is 39.1. The summed E-state index contributed by atoms with van der Waals surface area (Å²) in [4.78, 5) is 57.7. The molecule has 1 heterocycles. The maximum absolute atomic E-state index is 14.0. The predicted molar refractivity (Wildman–Crippen MR) is 191 cm³/mol. The van der Waals surface area contributed by atoms with E-state index in [9.17, 15) is 27.6 Å². The molecule has 0 spiro atoms. The van der Waals surface area contributed by atoms with E-state index in [1.165, 1.54) is 14.2 Å². The van der Waals surface area contributed by atoms with Crippen molar-refractivity contribution in [2.75, 3.05) is 27.8 Å². The normalized spacial score (nSPS) is 20.7. The molecule has 4 N–H and O–H groups in total. The topological polar surface area (TPSA) is 177 Å². The fraction of sp³-hybridized carbons (Fsp3) is 0.722. The Balaban J connectivity index is 1.77. The largest absolute Gasteiger partial charge is 0.379 e. The van der Waals surface area contributed by atoms with E-state index in [1.54, 1.807) is 48.0 Å². The van der Waals surface area contributed by atoms with Crippen molar-refractivity contribution in [3.05, 3.63) is 35.9 Å². The zero-order valence-corrected chi connectivity index (χ0v) is 31.8. The van der Waals surface area contributed by atoms with Gasteiger partial charge in [0.25, 0.3) is 5.91 Å². The monoisotopic (exact) mass is 721 g/mol. The van der Waals surface area contributed by atoms with Crippen LogP contribution in [0.2, 0.25) is 0 Å². The maximum Gasteiger partial charge on any atom is 0.256 e. The Labute approximate surface area is 298 Å². The Morgan fingerprint density at radius 1 is 1.00 bits per heavy atom. The summed E-state index contributed by atoms with van der Waals surface area (Å²) in [5.74, 6) is -2.51. The van der Waals surface area contributed by atoms with E-state index in [2.05, 4.69) is 10.0 Å². The summed E-state index contributed by atoms with van der Waals surface area (Å²) in [7, 11) is 0.907. The van der Waals surface area contributed by atoms with Crippen LogP contribution in [0, 0.1) is 17.8 Å². The number of methoxy groups -OCH3 is 2. The Bertz CT molecular complexity index is 1410. The molecule has 0 aromatic heterocycles. The molecule has 1 saturated carbocycles. The minimum absolute atomic E-state index is 0.0162. The first-order chi connectivity index (χ1) is 23.6. The van der Waals surface area contributed by atoms with E-state index in [0.717, 1.165) is 12.0 Å². The molecule has 1 aromatic rings. The highest BCUT2D eigenvalue weighted by atomic mass is 32.2. The zero-order valence-electron chi connectivity index (χ0n) is 31.0. The lowest BCUT2D eigenvalue weighted by Crippen LogP contribution is -2.56. The average molecular weight is 722 g/mol. The number of amides is 4. The summed E-state index contributed by atoms with van der Waals surface area (Å²) >= 11 is 0. The van der Waals surface area contributed by atoms with Crippen LogP contribution in [0.4, 0.5) is 0 Å². The number of benzene rings is 1. The van der Waals surface area contributed by atoms with Gasteiger partial charge in [-0.1, -0.05) is 71.4 Å². The van der Waals surface area contributed by atoms with Crippen LogP contribution in [0.5, 0.6) is 0 Å². The third-order valence-electron chi connectivity index (χ3n) is 10.4. The van der Waals surface area contributed by atoms with Crippen LogP contribution in [-0.2, 0) is 45.1 Å². The number of likely N-dealkylation sites (N-methyl/N-ethyl adjacent to an activating group) is 1. The molecule has 1 aliphatic carbocycles. The summed E-state index contributed by atoms with van der Waals surface area (Å²) in [6.07, 6.45) is 1.84. The van der Waals surface area contributed by atoms with E-state index in [4.69, 9.17) is 15.2 Å². The van der Waals surface area contributed by atoms with Crippen molar-refractivity contribution in [3.63, 3.8) is 0 Å². The molecular weight excluding hydrogens is 662 g/mol. The molecule has 4 amide bonds. The second-order valence-electron chi connectivity index (χ2n) is 14.3. The lowest BCUT2D eigenvalue weighted by molar-refractivity contribution is -0.146. The van der Waals surface area contributed by atoms with E-state index in [1.807, 2.05) is 33.8 Å². The van der Waals surface area contributed by atoms with Crippen molar-refractivity contribution < 1.29 is 37.1 Å². The molecule has 8 atom stereocenters. The molecule has 1 aromatic carbocycles. The predicted octanol–water partition coefficient (Wildman–Crippen LogP) is 2.23. The van der Waals surface area contributed by atoms with Gasteiger partial charge in [-0.3, -0.25) is 23.9 Å². The summed E-state index contributed by atoms with van der Waals surface area (Å²) in [6, 6.07) is 6.38.